The molecule has 2 N–H and O–H groups in total. The van der Waals surface area contributed by atoms with E-state index in [4.69, 9.17) is 4.99 Å². The molecule has 1 saturated heterocycles. The number of rotatable bonds is 3. The number of hydrogen-bond acceptors (Lipinski definition) is 2. The van der Waals surface area contributed by atoms with Crippen molar-refractivity contribution in [2.75, 3.05) is 19.6 Å². The van der Waals surface area contributed by atoms with Gasteiger partial charge in [0, 0.05) is 19.6 Å². The molecular weight excluding hydrogens is 389 g/mol. The zero-order chi connectivity index (χ0) is 14.7. The van der Waals surface area contributed by atoms with Crippen LogP contribution in [0.5, 0.6) is 5.75 Å². The van der Waals surface area contributed by atoms with Gasteiger partial charge in [0.1, 0.15) is 5.75 Å². The summed E-state index contributed by atoms with van der Waals surface area (Å²) in [5.41, 5.74) is 1.72. The lowest BCUT2D eigenvalue weighted by atomic mass is 9.68. The van der Waals surface area contributed by atoms with Crippen LogP contribution in [0.1, 0.15) is 38.2 Å². The molecule has 5 heteroatoms. The Hall–Kier alpha value is -0.980. The summed E-state index contributed by atoms with van der Waals surface area (Å²) in [5, 5.41) is 12.7. The van der Waals surface area contributed by atoms with Gasteiger partial charge in [0.15, 0.2) is 5.96 Å². The summed E-state index contributed by atoms with van der Waals surface area (Å²) in [4.78, 5) is 7.19. The standard InChI is InChI=1S/C17H25N3O.HI/c1-2-18-16(19-12-14-4-6-15(21)7-5-14)20-11-10-17(13-20)8-3-9-17;/h4-7,21H,2-3,8-13H2,1H3,(H,18,19);1H. The van der Waals surface area contributed by atoms with Gasteiger partial charge in [0.25, 0.3) is 0 Å². The minimum absolute atomic E-state index is 0. The van der Waals surface area contributed by atoms with Gasteiger partial charge in [0.05, 0.1) is 6.54 Å². The Morgan fingerprint density at radius 1 is 1.27 bits per heavy atom. The van der Waals surface area contributed by atoms with Gasteiger partial charge in [-0.25, -0.2) is 4.99 Å². The first-order chi connectivity index (χ1) is 10.2. The highest BCUT2D eigenvalue weighted by molar-refractivity contribution is 14.0. The van der Waals surface area contributed by atoms with Crippen molar-refractivity contribution in [3.8, 4) is 5.75 Å². The van der Waals surface area contributed by atoms with Gasteiger partial charge in [0.2, 0.25) is 0 Å². The number of benzene rings is 1. The molecule has 1 aliphatic heterocycles. The number of nitrogens with zero attached hydrogens (tertiary/aromatic N) is 2. The highest BCUT2D eigenvalue weighted by atomic mass is 127. The predicted molar refractivity (Wildman–Crippen MR) is 101 cm³/mol. The average Bonchev–Trinajstić information content (AvgIpc) is 2.91. The molecule has 1 spiro atoms. The van der Waals surface area contributed by atoms with Gasteiger partial charge >= 0.3 is 0 Å². The van der Waals surface area contributed by atoms with Crippen molar-refractivity contribution in [3.63, 3.8) is 0 Å². The normalized spacial score (nSPS) is 19.7. The van der Waals surface area contributed by atoms with Crippen LogP contribution >= 0.6 is 24.0 Å². The van der Waals surface area contributed by atoms with Crippen LogP contribution in [0, 0.1) is 5.41 Å². The molecule has 4 nitrogen and oxygen atoms in total. The number of aliphatic imine (C=N–C) groups is 1. The topological polar surface area (TPSA) is 47.9 Å². The van der Waals surface area contributed by atoms with E-state index < -0.39 is 0 Å². The van der Waals surface area contributed by atoms with Crippen molar-refractivity contribution in [1.29, 1.82) is 0 Å². The van der Waals surface area contributed by atoms with Crippen LogP contribution in [0.4, 0.5) is 0 Å². The number of likely N-dealkylation sites (tertiary alicyclic amines) is 1. The molecule has 0 unspecified atom stereocenters. The number of phenols is 1. The zero-order valence-corrected chi connectivity index (χ0v) is 15.5. The fraction of sp³-hybridized carbons (Fsp3) is 0.588. The van der Waals surface area contributed by atoms with Crippen LogP contribution in [0.3, 0.4) is 0 Å². The lowest BCUT2D eigenvalue weighted by Gasteiger charge is -2.38. The van der Waals surface area contributed by atoms with Gasteiger partial charge in [-0.05, 0) is 49.3 Å². The Balaban J connectivity index is 0.00000176. The molecule has 0 aromatic heterocycles. The van der Waals surface area contributed by atoms with E-state index in [0.717, 1.165) is 31.2 Å². The van der Waals surface area contributed by atoms with Crippen molar-refractivity contribution in [2.24, 2.45) is 10.4 Å². The molecule has 1 aromatic rings. The monoisotopic (exact) mass is 415 g/mol. The van der Waals surface area contributed by atoms with Gasteiger partial charge < -0.3 is 15.3 Å². The third-order valence-corrected chi connectivity index (χ3v) is 4.83. The molecule has 3 rings (SSSR count). The Morgan fingerprint density at radius 2 is 2.00 bits per heavy atom. The molecule has 0 bridgehead atoms. The summed E-state index contributed by atoms with van der Waals surface area (Å²) in [5.74, 6) is 1.34. The fourth-order valence-electron chi connectivity index (χ4n) is 3.39. The first-order valence-electron chi connectivity index (χ1n) is 8.02. The molecule has 1 saturated carbocycles. The van der Waals surface area contributed by atoms with E-state index >= 15 is 0 Å². The molecule has 122 valence electrons. The summed E-state index contributed by atoms with van der Waals surface area (Å²) >= 11 is 0. The Morgan fingerprint density at radius 3 is 2.55 bits per heavy atom. The van der Waals surface area contributed by atoms with E-state index in [2.05, 4.69) is 17.1 Å². The van der Waals surface area contributed by atoms with E-state index in [1.807, 2.05) is 12.1 Å². The van der Waals surface area contributed by atoms with E-state index in [9.17, 15) is 5.11 Å². The maximum atomic E-state index is 9.33. The first kappa shape index (κ1) is 17.4. The second-order valence-corrected chi connectivity index (χ2v) is 6.36. The SMILES string of the molecule is CCNC(=NCc1ccc(O)cc1)N1CCC2(CCC2)C1.I. The Labute approximate surface area is 150 Å². The maximum absolute atomic E-state index is 9.33. The second-order valence-electron chi connectivity index (χ2n) is 6.36. The van der Waals surface area contributed by atoms with Crippen molar-refractivity contribution in [2.45, 2.75) is 39.2 Å². The lowest BCUT2D eigenvalue weighted by molar-refractivity contribution is 0.151. The predicted octanol–water partition coefficient (Wildman–Crippen LogP) is 3.35. The van der Waals surface area contributed by atoms with E-state index in [1.54, 1.807) is 12.1 Å². The van der Waals surface area contributed by atoms with Crippen molar-refractivity contribution >= 4 is 29.9 Å². The van der Waals surface area contributed by atoms with E-state index in [1.165, 1.54) is 25.7 Å². The van der Waals surface area contributed by atoms with Crippen LogP contribution < -0.4 is 5.32 Å². The number of halogens is 1. The van der Waals surface area contributed by atoms with Gasteiger partial charge in [-0.1, -0.05) is 18.6 Å². The first-order valence-corrected chi connectivity index (χ1v) is 8.02. The number of hydrogen-bond donors (Lipinski definition) is 2. The minimum Gasteiger partial charge on any atom is -0.508 e. The smallest absolute Gasteiger partial charge is 0.194 e. The third-order valence-electron chi connectivity index (χ3n) is 4.83. The van der Waals surface area contributed by atoms with Gasteiger partial charge in [-0.2, -0.15) is 0 Å². The molecule has 0 radical (unpaired) electrons. The largest absolute Gasteiger partial charge is 0.508 e. The molecule has 1 aliphatic carbocycles. The molecule has 2 fully saturated rings. The van der Waals surface area contributed by atoms with E-state index in [0.29, 0.717) is 17.7 Å². The van der Waals surface area contributed by atoms with Crippen LogP contribution in [0.2, 0.25) is 0 Å². The molecule has 22 heavy (non-hydrogen) atoms. The van der Waals surface area contributed by atoms with Crippen LogP contribution in [0.25, 0.3) is 0 Å². The lowest BCUT2D eigenvalue weighted by Crippen LogP contribution is -2.42. The molecule has 1 heterocycles. The molecule has 0 amide bonds. The Bertz CT molecular complexity index is 511. The van der Waals surface area contributed by atoms with Crippen LogP contribution in [-0.2, 0) is 6.54 Å². The zero-order valence-electron chi connectivity index (χ0n) is 13.2. The van der Waals surface area contributed by atoms with Crippen molar-refractivity contribution < 1.29 is 5.11 Å². The minimum atomic E-state index is 0. The molecule has 1 aromatic carbocycles. The summed E-state index contributed by atoms with van der Waals surface area (Å²) in [7, 11) is 0. The molecule has 0 atom stereocenters. The quantitative estimate of drug-likeness (QED) is 0.452. The summed E-state index contributed by atoms with van der Waals surface area (Å²) < 4.78 is 0. The van der Waals surface area contributed by atoms with Gasteiger partial charge in [-0.3, -0.25) is 0 Å². The summed E-state index contributed by atoms with van der Waals surface area (Å²) in [6.07, 6.45) is 5.49. The van der Waals surface area contributed by atoms with Crippen LogP contribution in [0.15, 0.2) is 29.3 Å². The third kappa shape index (κ3) is 3.86. The van der Waals surface area contributed by atoms with Crippen molar-refractivity contribution in [3.05, 3.63) is 29.8 Å². The van der Waals surface area contributed by atoms with Gasteiger partial charge in [-0.15, -0.1) is 24.0 Å². The average molecular weight is 415 g/mol. The highest BCUT2D eigenvalue weighted by Gasteiger charge is 2.43. The number of phenolic OH excluding ortho intramolecular Hbond substituents is 1. The highest BCUT2D eigenvalue weighted by Crippen LogP contribution is 2.47. The maximum Gasteiger partial charge on any atom is 0.194 e. The number of aromatic hydroxyl groups is 1. The number of guanidine groups is 1. The Kier molecular flexibility index (Phi) is 5.94. The molecular formula is C17H26IN3O. The number of nitrogens with one attached hydrogen (secondary N) is 1. The van der Waals surface area contributed by atoms with Crippen molar-refractivity contribution in [1.82, 2.24) is 10.2 Å². The summed E-state index contributed by atoms with van der Waals surface area (Å²) in [6, 6.07) is 7.30. The van der Waals surface area contributed by atoms with E-state index in [-0.39, 0.29) is 24.0 Å². The molecule has 2 aliphatic rings. The summed E-state index contributed by atoms with van der Waals surface area (Å²) in [6.45, 7) is 5.96. The second kappa shape index (κ2) is 7.53. The fourth-order valence-corrected chi connectivity index (χ4v) is 3.39. The van der Waals surface area contributed by atoms with Crippen LogP contribution in [-0.4, -0.2) is 35.6 Å².